The number of carbonyl (C=O) groups excluding carboxylic acids is 1. The molecular weight excluding hydrogens is 471 g/mol. The first-order valence-electron chi connectivity index (χ1n) is 17.4. The molecule has 0 fully saturated rings. The quantitative estimate of drug-likeness (QED) is 0.0669. The van der Waals surface area contributed by atoms with Crippen LogP contribution in [0.15, 0.2) is 0 Å². The number of hydrogen-bond acceptors (Lipinski definition) is 2. The molecule has 0 aliphatic carbocycles. The van der Waals surface area contributed by atoms with E-state index in [4.69, 9.17) is 4.74 Å². The lowest BCUT2D eigenvalue weighted by Crippen LogP contribution is -2.25. The minimum atomic E-state index is -1.45. The maximum atomic E-state index is 14.7. The molecule has 0 rings (SSSR count). The van der Waals surface area contributed by atoms with E-state index in [0.29, 0.717) is 6.42 Å². The van der Waals surface area contributed by atoms with Gasteiger partial charge in [-0.3, -0.25) is 0 Å². The lowest BCUT2D eigenvalue weighted by molar-refractivity contribution is -0.156. The summed E-state index contributed by atoms with van der Waals surface area (Å²) in [6.07, 6.45) is 30.4. The fraction of sp³-hybridized carbons (Fsp3) is 0.971. The van der Waals surface area contributed by atoms with Gasteiger partial charge in [-0.05, 0) is 44.4 Å². The van der Waals surface area contributed by atoms with Gasteiger partial charge in [0.25, 0.3) is 0 Å². The van der Waals surface area contributed by atoms with Crippen LogP contribution in [0.4, 0.5) is 4.39 Å². The molecule has 0 aliphatic rings. The van der Waals surface area contributed by atoms with Crippen molar-refractivity contribution in [3.8, 4) is 0 Å². The highest BCUT2D eigenvalue weighted by molar-refractivity contribution is 5.74. The van der Waals surface area contributed by atoms with Gasteiger partial charge in [0.15, 0.2) is 6.17 Å². The summed E-state index contributed by atoms with van der Waals surface area (Å²) < 4.78 is 20.5. The van der Waals surface area contributed by atoms with E-state index >= 15 is 0 Å². The van der Waals surface area contributed by atoms with Gasteiger partial charge in [-0.1, -0.05) is 163 Å². The van der Waals surface area contributed by atoms with Gasteiger partial charge in [0.05, 0.1) is 0 Å². The van der Waals surface area contributed by atoms with Crippen molar-refractivity contribution in [2.24, 2.45) is 5.92 Å². The van der Waals surface area contributed by atoms with Crippen LogP contribution in [-0.2, 0) is 9.53 Å². The number of alkyl halides is 1. The Morgan fingerprint density at radius 2 is 0.842 bits per heavy atom. The molecule has 0 bridgehead atoms. The van der Waals surface area contributed by atoms with Crippen molar-refractivity contribution < 1.29 is 13.9 Å². The van der Waals surface area contributed by atoms with Gasteiger partial charge < -0.3 is 4.74 Å². The van der Waals surface area contributed by atoms with E-state index < -0.39 is 12.1 Å². The highest BCUT2D eigenvalue weighted by Crippen LogP contribution is 2.23. The first kappa shape index (κ1) is 37.4. The number of carbonyl (C=O) groups is 1. The summed E-state index contributed by atoms with van der Waals surface area (Å²) in [4.78, 5) is 12.6. The van der Waals surface area contributed by atoms with Crippen molar-refractivity contribution in [2.75, 3.05) is 0 Å². The van der Waals surface area contributed by atoms with E-state index in [1.807, 2.05) is 0 Å². The summed E-state index contributed by atoms with van der Waals surface area (Å²) in [6, 6.07) is 0. The third-order valence-corrected chi connectivity index (χ3v) is 8.41. The maximum Gasteiger partial charge on any atom is 0.340 e. The van der Waals surface area contributed by atoms with Crippen LogP contribution in [0.3, 0.4) is 0 Å². The van der Waals surface area contributed by atoms with Gasteiger partial charge in [-0.2, -0.15) is 0 Å². The second-order valence-corrected chi connectivity index (χ2v) is 12.1. The molecule has 0 saturated carbocycles. The molecule has 228 valence electrons. The van der Waals surface area contributed by atoms with Crippen LogP contribution in [0.1, 0.15) is 201 Å². The summed E-state index contributed by atoms with van der Waals surface area (Å²) in [7, 11) is 0. The normalized spacial score (nSPS) is 13.2. The second-order valence-electron chi connectivity index (χ2n) is 12.1. The van der Waals surface area contributed by atoms with Gasteiger partial charge in [0, 0.05) is 0 Å². The monoisotopic (exact) mass is 541 g/mol. The van der Waals surface area contributed by atoms with Crippen molar-refractivity contribution in [3.63, 3.8) is 0 Å². The molecule has 3 heteroatoms. The predicted molar refractivity (Wildman–Crippen MR) is 166 cm³/mol. The summed E-state index contributed by atoms with van der Waals surface area (Å²) in [5.41, 5.74) is 0. The minimum absolute atomic E-state index is 0.0930. The van der Waals surface area contributed by atoms with Crippen LogP contribution >= 0.6 is 0 Å². The van der Waals surface area contributed by atoms with Gasteiger partial charge in [-0.25, -0.2) is 9.18 Å². The number of ether oxygens (including phenoxy) is 1. The van der Waals surface area contributed by atoms with Crippen molar-refractivity contribution in [1.29, 1.82) is 0 Å². The van der Waals surface area contributed by atoms with Gasteiger partial charge in [0.1, 0.15) is 6.10 Å². The molecule has 2 unspecified atom stereocenters. The summed E-state index contributed by atoms with van der Waals surface area (Å²) in [5.74, 6) is 0.164. The highest BCUT2D eigenvalue weighted by Gasteiger charge is 2.23. The van der Waals surface area contributed by atoms with Crippen LogP contribution in [-0.4, -0.2) is 18.2 Å². The zero-order valence-electron chi connectivity index (χ0n) is 26.5. The smallest absolute Gasteiger partial charge is 0.340 e. The topological polar surface area (TPSA) is 26.3 Å². The highest BCUT2D eigenvalue weighted by atomic mass is 19.1. The average Bonchev–Trinajstić information content (AvgIpc) is 2.92. The Hall–Kier alpha value is -0.600. The Morgan fingerprint density at radius 1 is 0.500 bits per heavy atom. The molecule has 0 N–H and O–H groups in total. The van der Waals surface area contributed by atoms with Crippen molar-refractivity contribution in [3.05, 3.63) is 0 Å². The second kappa shape index (κ2) is 29.4. The molecule has 0 aromatic heterocycles. The van der Waals surface area contributed by atoms with E-state index in [1.54, 1.807) is 0 Å². The Balaban J connectivity index is 4.22. The lowest BCUT2D eigenvalue weighted by Gasteiger charge is -2.20. The Bertz CT molecular complexity index is 465. The number of rotatable bonds is 30. The SMILES string of the molecule is CCCCCCCCCC(CC)CCCCC(F)C(=O)OC(CCCCCCCC)CCCCCCCC. The molecule has 0 aliphatic heterocycles. The third kappa shape index (κ3) is 24.4. The van der Waals surface area contributed by atoms with Gasteiger partial charge >= 0.3 is 5.97 Å². The molecular formula is C35H69FO2. The number of hydrogen-bond donors (Lipinski definition) is 0. The van der Waals surface area contributed by atoms with Crippen LogP contribution < -0.4 is 0 Å². The molecule has 0 aromatic rings. The molecule has 0 aromatic carbocycles. The van der Waals surface area contributed by atoms with Crippen molar-refractivity contribution in [2.45, 2.75) is 213 Å². The standard InChI is InChI=1S/C35H69FO2/c1-5-9-12-15-18-19-22-27-32(8-4)28-25-26-31-34(36)35(37)38-33(29-23-20-16-13-10-6-2)30-24-21-17-14-11-7-3/h32-34H,5-31H2,1-4H3. The predicted octanol–water partition coefficient (Wildman–Crippen LogP) is 12.5. The molecule has 0 spiro atoms. The zero-order chi connectivity index (χ0) is 28.1. The fourth-order valence-corrected chi connectivity index (χ4v) is 5.62. The third-order valence-electron chi connectivity index (χ3n) is 8.41. The van der Waals surface area contributed by atoms with E-state index in [9.17, 15) is 9.18 Å². The molecule has 0 amide bonds. The van der Waals surface area contributed by atoms with Crippen LogP contribution in [0, 0.1) is 5.92 Å². The van der Waals surface area contributed by atoms with E-state index in [-0.39, 0.29) is 6.10 Å². The van der Waals surface area contributed by atoms with Crippen LogP contribution in [0.25, 0.3) is 0 Å². The molecule has 0 saturated heterocycles. The Morgan fingerprint density at radius 3 is 1.26 bits per heavy atom. The molecule has 2 nitrogen and oxygen atoms in total. The Kier molecular flexibility index (Phi) is 28.9. The van der Waals surface area contributed by atoms with Crippen molar-refractivity contribution in [1.82, 2.24) is 0 Å². The van der Waals surface area contributed by atoms with Gasteiger partial charge in [0.2, 0.25) is 0 Å². The summed E-state index contributed by atoms with van der Waals surface area (Å²) in [5, 5.41) is 0. The number of esters is 1. The Labute approximate surface area is 239 Å². The summed E-state index contributed by atoms with van der Waals surface area (Å²) >= 11 is 0. The molecule has 38 heavy (non-hydrogen) atoms. The molecule has 0 heterocycles. The van der Waals surface area contributed by atoms with Crippen molar-refractivity contribution >= 4 is 5.97 Å². The van der Waals surface area contributed by atoms with E-state index in [1.165, 1.54) is 128 Å². The first-order valence-corrected chi connectivity index (χ1v) is 17.4. The van der Waals surface area contributed by atoms with Crippen LogP contribution in [0.5, 0.6) is 0 Å². The van der Waals surface area contributed by atoms with E-state index in [2.05, 4.69) is 27.7 Å². The average molecular weight is 541 g/mol. The zero-order valence-corrected chi connectivity index (χ0v) is 26.5. The largest absolute Gasteiger partial charge is 0.460 e. The van der Waals surface area contributed by atoms with E-state index in [0.717, 1.165) is 44.4 Å². The van der Waals surface area contributed by atoms with Gasteiger partial charge in [-0.15, -0.1) is 0 Å². The minimum Gasteiger partial charge on any atom is -0.460 e. The maximum absolute atomic E-state index is 14.7. The summed E-state index contributed by atoms with van der Waals surface area (Å²) in [6.45, 7) is 9.03. The first-order chi connectivity index (χ1) is 18.6. The lowest BCUT2D eigenvalue weighted by atomic mass is 9.92. The molecule has 2 atom stereocenters. The number of unbranched alkanes of at least 4 members (excludes halogenated alkanes) is 17. The molecule has 0 radical (unpaired) electrons. The fourth-order valence-electron chi connectivity index (χ4n) is 5.62. The number of halogens is 1. The van der Waals surface area contributed by atoms with Crippen LogP contribution in [0.2, 0.25) is 0 Å².